The maximum atomic E-state index is 12.7. The lowest BCUT2D eigenvalue weighted by molar-refractivity contribution is -0.148. The summed E-state index contributed by atoms with van der Waals surface area (Å²) >= 11 is 0. The van der Waals surface area contributed by atoms with E-state index < -0.39 is 11.6 Å². The lowest BCUT2D eigenvalue weighted by Crippen LogP contribution is -2.60. The van der Waals surface area contributed by atoms with Gasteiger partial charge in [-0.15, -0.1) is 0 Å². The number of nitrogens with one attached hydrogen (secondary N) is 2. The Morgan fingerprint density at radius 1 is 1.33 bits per heavy atom. The molecule has 0 radical (unpaired) electrons. The Bertz CT molecular complexity index is 723. The second-order valence-electron chi connectivity index (χ2n) is 7.24. The van der Waals surface area contributed by atoms with Gasteiger partial charge in [0.05, 0.1) is 17.6 Å². The summed E-state index contributed by atoms with van der Waals surface area (Å²) in [5.74, 6) is -0.389. The van der Waals surface area contributed by atoms with Crippen molar-refractivity contribution in [3.8, 4) is 0 Å². The average molecular weight is 377 g/mol. The highest BCUT2D eigenvalue weighted by molar-refractivity contribution is 5.86. The molecule has 0 aliphatic carbocycles. The normalized spacial score (nSPS) is 19.5. The molecule has 9 heteroatoms. The van der Waals surface area contributed by atoms with E-state index in [1.807, 2.05) is 4.90 Å². The van der Waals surface area contributed by atoms with Gasteiger partial charge in [0.15, 0.2) is 0 Å². The zero-order valence-electron chi connectivity index (χ0n) is 16.1. The number of likely N-dealkylation sites (tertiary alicyclic amines) is 1. The molecule has 0 unspecified atom stereocenters. The van der Waals surface area contributed by atoms with Crippen LogP contribution in [0, 0.1) is 0 Å². The summed E-state index contributed by atoms with van der Waals surface area (Å²) in [6.07, 6.45) is 3.62. The van der Waals surface area contributed by atoms with Gasteiger partial charge in [-0.2, -0.15) is 0 Å². The number of rotatable bonds is 4. The molecule has 1 spiro atoms. The van der Waals surface area contributed by atoms with Crippen LogP contribution < -0.4 is 5.32 Å². The van der Waals surface area contributed by atoms with E-state index in [-0.39, 0.29) is 24.3 Å². The highest BCUT2D eigenvalue weighted by Crippen LogP contribution is 2.42. The minimum absolute atomic E-state index is 0.0315. The van der Waals surface area contributed by atoms with Crippen molar-refractivity contribution in [2.75, 3.05) is 33.4 Å². The van der Waals surface area contributed by atoms with Gasteiger partial charge in [0.2, 0.25) is 17.7 Å². The number of ether oxygens (including phenoxy) is 1. The number of carbonyl (C=O) groups excluding carboxylic acids is 3. The summed E-state index contributed by atoms with van der Waals surface area (Å²) in [7, 11) is 1.51. The van der Waals surface area contributed by atoms with Gasteiger partial charge in [0.1, 0.15) is 12.6 Å². The first-order valence-electron chi connectivity index (χ1n) is 9.27. The highest BCUT2D eigenvalue weighted by atomic mass is 16.5. The van der Waals surface area contributed by atoms with Crippen LogP contribution >= 0.6 is 0 Å². The summed E-state index contributed by atoms with van der Waals surface area (Å²) in [6.45, 7) is 4.74. The molecule has 3 heterocycles. The molecule has 0 aromatic carbocycles. The maximum absolute atomic E-state index is 12.7. The number of fused-ring (bicyclic) bond motifs is 2. The molecule has 1 saturated heterocycles. The van der Waals surface area contributed by atoms with Gasteiger partial charge < -0.3 is 24.8 Å². The van der Waals surface area contributed by atoms with Gasteiger partial charge in [-0.3, -0.25) is 14.4 Å². The van der Waals surface area contributed by atoms with Gasteiger partial charge >= 0.3 is 0 Å². The molecule has 0 bridgehead atoms. The fourth-order valence-corrected chi connectivity index (χ4v) is 4.29. The molecule has 1 atom stereocenters. The second kappa shape index (κ2) is 7.67. The number of amides is 3. The molecule has 148 valence electrons. The van der Waals surface area contributed by atoms with E-state index in [9.17, 15) is 14.4 Å². The number of imidazole rings is 1. The third-order valence-electron chi connectivity index (χ3n) is 5.52. The second-order valence-corrected chi connectivity index (χ2v) is 7.24. The number of carbonyl (C=O) groups is 3. The van der Waals surface area contributed by atoms with Crippen LogP contribution in [-0.4, -0.2) is 76.9 Å². The zero-order chi connectivity index (χ0) is 19.6. The first-order valence-corrected chi connectivity index (χ1v) is 9.27. The molecule has 9 nitrogen and oxygen atoms in total. The molecule has 1 aromatic rings. The number of methoxy groups -OCH3 is 1. The van der Waals surface area contributed by atoms with Crippen LogP contribution in [0.2, 0.25) is 0 Å². The van der Waals surface area contributed by atoms with Crippen molar-refractivity contribution in [1.82, 2.24) is 25.1 Å². The topological polar surface area (TPSA) is 108 Å². The quantitative estimate of drug-likeness (QED) is 0.755. The Labute approximate surface area is 158 Å². The number of hydrogen-bond donors (Lipinski definition) is 2. The van der Waals surface area contributed by atoms with Crippen molar-refractivity contribution in [2.24, 2.45) is 0 Å². The summed E-state index contributed by atoms with van der Waals surface area (Å²) in [5, 5.41) is 2.64. The number of nitrogens with zero attached hydrogens (tertiary/aromatic N) is 3. The lowest BCUT2D eigenvalue weighted by Gasteiger charge is -2.50. The van der Waals surface area contributed by atoms with Crippen LogP contribution in [0.5, 0.6) is 0 Å². The average Bonchev–Trinajstić information content (AvgIpc) is 3.11. The third kappa shape index (κ3) is 3.55. The van der Waals surface area contributed by atoms with Crippen LogP contribution in [0.3, 0.4) is 0 Å². The zero-order valence-corrected chi connectivity index (χ0v) is 16.1. The predicted octanol–water partition coefficient (Wildman–Crippen LogP) is -0.217. The van der Waals surface area contributed by atoms with E-state index in [1.165, 1.54) is 14.0 Å². The van der Waals surface area contributed by atoms with Crippen molar-refractivity contribution in [3.63, 3.8) is 0 Å². The minimum Gasteiger partial charge on any atom is -0.375 e. The first kappa shape index (κ1) is 19.3. The van der Waals surface area contributed by atoms with E-state index in [4.69, 9.17) is 4.74 Å². The SMILES string of the molecule is COCC(=O)N1CCc2[nH]cnc2C12CCN(C(=O)[C@@H](C)NC(C)=O)CC2. The Balaban J connectivity index is 1.79. The number of piperidine rings is 1. The van der Waals surface area contributed by atoms with Gasteiger partial charge in [0, 0.05) is 45.8 Å². The molecular formula is C18H27N5O4. The monoisotopic (exact) mass is 377 g/mol. The number of H-pyrrole nitrogens is 1. The third-order valence-corrected chi connectivity index (χ3v) is 5.52. The Morgan fingerprint density at radius 2 is 2.04 bits per heavy atom. The molecule has 2 N–H and O–H groups in total. The fraction of sp³-hybridized carbons (Fsp3) is 0.667. The van der Waals surface area contributed by atoms with Crippen molar-refractivity contribution in [3.05, 3.63) is 17.7 Å². The van der Waals surface area contributed by atoms with Crippen molar-refractivity contribution < 1.29 is 19.1 Å². The minimum atomic E-state index is -0.560. The molecule has 1 fully saturated rings. The fourth-order valence-electron chi connectivity index (χ4n) is 4.29. The molecule has 0 saturated carbocycles. The van der Waals surface area contributed by atoms with Crippen LogP contribution in [0.1, 0.15) is 38.1 Å². The summed E-state index contributed by atoms with van der Waals surface area (Å²) in [6, 6.07) is -0.560. The Morgan fingerprint density at radius 3 is 2.67 bits per heavy atom. The standard InChI is InChI=1S/C18H27N5O4/c1-12(21-13(2)24)17(26)22-8-5-18(6-9-22)16-14(19-11-20-16)4-7-23(18)15(25)10-27-3/h11-12H,4-10H2,1-3H3,(H,19,20)(H,21,24)/t12-/m1/s1. The predicted molar refractivity (Wildman–Crippen MR) is 96.7 cm³/mol. The van der Waals surface area contributed by atoms with Crippen LogP contribution in [0.4, 0.5) is 0 Å². The lowest BCUT2D eigenvalue weighted by atomic mass is 9.78. The molecule has 1 aromatic heterocycles. The van der Waals surface area contributed by atoms with Crippen LogP contribution in [0.15, 0.2) is 6.33 Å². The number of aromatic nitrogens is 2. The smallest absolute Gasteiger partial charge is 0.249 e. The van der Waals surface area contributed by atoms with Crippen molar-refractivity contribution >= 4 is 17.7 Å². The molecule has 27 heavy (non-hydrogen) atoms. The van der Waals surface area contributed by atoms with Crippen LogP contribution in [-0.2, 0) is 31.1 Å². The number of aromatic amines is 1. The summed E-state index contributed by atoms with van der Waals surface area (Å²) in [4.78, 5) is 47.8. The summed E-state index contributed by atoms with van der Waals surface area (Å²) < 4.78 is 5.06. The van der Waals surface area contributed by atoms with E-state index in [0.29, 0.717) is 32.5 Å². The first-order chi connectivity index (χ1) is 12.9. The van der Waals surface area contributed by atoms with E-state index in [0.717, 1.165) is 17.8 Å². The number of hydrogen-bond acceptors (Lipinski definition) is 5. The molecular weight excluding hydrogens is 350 g/mol. The van der Waals surface area contributed by atoms with E-state index in [2.05, 4.69) is 15.3 Å². The van der Waals surface area contributed by atoms with Crippen molar-refractivity contribution in [1.29, 1.82) is 0 Å². The van der Waals surface area contributed by atoms with Gasteiger partial charge in [-0.25, -0.2) is 4.98 Å². The van der Waals surface area contributed by atoms with Crippen molar-refractivity contribution in [2.45, 2.75) is 44.7 Å². The molecule has 3 rings (SSSR count). The highest BCUT2D eigenvalue weighted by Gasteiger charge is 2.49. The van der Waals surface area contributed by atoms with E-state index >= 15 is 0 Å². The molecule has 2 aliphatic heterocycles. The largest absolute Gasteiger partial charge is 0.375 e. The van der Waals surface area contributed by atoms with Gasteiger partial charge in [-0.1, -0.05) is 0 Å². The van der Waals surface area contributed by atoms with Gasteiger partial charge in [-0.05, 0) is 19.8 Å². The van der Waals surface area contributed by atoms with Crippen LogP contribution in [0.25, 0.3) is 0 Å². The van der Waals surface area contributed by atoms with Gasteiger partial charge in [0.25, 0.3) is 0 Å². The maximum Gasteiger partial charge on any atom is 0.249 e. The Kier molecular flexibility index (Phi) is 5.50. The van der Waals surface area contributed by atoms with E-state index in [1.54, 1.807) is 18.2 Å². The molecule has 3 amide bonds. The Hall–Kier alpha value is -2.42. The summed E-state index contributed by atoms with van der Waals surface area (Å²) in [5.41, 5.74) is 1.44. The molecule has 2 aliphatic rings.